The van der Waals surface area contributed by atoms with E-state index >= 15 is 0 Å². The number of aromatic nitrogens is 2. The van der Waals surface area contributed by atoms with Gasteiger partial charge in [0.05, 0.1) is 0 Å². The molecule has 0 aliphatic rings. The zero-order valence-electron chi connectivity index (χ0n) is 8.15. The molecule has 2 N–H and O–H groups in total. The van der Waals surface area contributed by atoms with Crippen molar-refractivity contribution in [3.8, 4) is 0 Å². The van der Waals surface area contributed by atoms with E-state index in [9.17, 15) is 9.59 Å². The maximum atomic E-state index is 11.0. The molecule has 1 rings (SSSR count). The molecular weight excluding hydrogens is 182 g/mol. The van der Waals surface area contributed by atoms with E-state index in [0.717, 1.165) is 0 Å². The molecule has 0 radical (unpaired) electrons. The van der Waals surface area contributed by atoms with Crippen LogP contribution >= 0.6 is 0 Å². The average molecular weight is 194 g/mol. The fourth-order valence-electron chi connectivity index (χ4n) is 1.04. The van der Waals surface area contributed by atoms with Crippen molar-refractivity contribution in [2.45, 2.75) is 20.4 Å². The summed E-state index contributed by atoms with van der Waals surface area (Å²) in [5, 5.41) is 0. The molecular formula is C9H12N3O2+. The molecule has 0 fully saturated rings. The smallest absolute Gasteiger partial charge is 0.295 e. The van der Waals surface area contributed by atoms with Gasteiger partial charge in [0.15, 0.2) is 18.5 Å². The highest BCUT2D eigenvalue weighted by molar-refractivity contribution is 5.93. The summed E-state index contributed by atoms with van der Waals surface area (Å²) in [5.41, 5.74) is 5.52. The molecule has 1 heterocycles. The third-order valence-electron chi connectivity index (χ3n) is 1.83. The van der Waals surface area contributed by atoms with E-state index in [2.05, 4.69) is 4.98 Å². The molecule has 0 atom stereocenters. The van der Waals surface area contributed by atoms with Crippen LogP contribution in [0.1, 0.15) is 23.1 Å². The fourth-order valence-corrected chi connectivity index (χ4v) is 1.04. The number of nitrogens with zero attached hydrogens (tertiary/aromatic N) is 2. The number of Topliss-reactive ketones (excluding diaryl/α,β-unsaturated/α-hetero) is 1. The first-order chi connectivity index (χ1) is 6.50. The topological polar surface area (TPSA) is 76.9 Å². The van der Waals surface area contributed by atoms with E-state index in [4.69, 9.17) is 5.73 Å². The monoisotopic (exact) mass is 194 g/mol. The summed E-state index contributed by atoms with van der Waals surface area (Å²) < 4.78 is 1.55. The standard InChI is InChI=1S/C9H11N3O2/c1-6(13)8-3-11-7(2)12(4-8)5-9(10)14/h3-4H,5H2,1-2H3,(H-,10,14)/p+1. The summed E-state index contributed by atoms with van der Waals surface area (Å²) in [6, 6.07) is 0. The Labute approximate surface area is 81.6 Å². The average Bonchev–Trinajstić information content (AvgIpc) is 2.07. The summed E-state index contributed by atoms with van der Waals surface area (Å²) >= 11 is 0. The van der Waals surface area contributed by atoms with Crippen molar-refractivity contribution < 1.29 is 14.2 Å². The molecule has 0 bridgehead atoms. The second-order valence-electron chi connectivity index (χ2n) is 3.04. The van der Waals surface area contributed by atoms with E-state index < -0.39 is 5.91 Å². The van der Waals surface area contributed by atoms with Gasteiger partial charge in [-0.3, -0.25) is 9.59 Å². The van der Waals surface area contributed by atoms with Crippen LogP contribution in [-0.4, -0.2) is 16.7 Å². The normalized spacial score (nSPS) is 9.86. The predicted octanol–water partition coefficient (Wildman–Crippen LogP) is -0.635. The van der Waals surface area contributed by atoms with Gasteiger partial charge in [-0.15, -0.1) is 0 Å². The Kier molecular flexibility index (Phi) is 2.91. The number of nitrogens with two attached hydrogens (primary N) is 1. The lowest BCUT2D eigenvalue weighted by Gasteiger charge is -1.99. The largest absolute Gasteiger partial charge is 0.366 e. The van der Waals surface area contributed by atoms with Crippen molar-refractivity contribution in [2.24, 2.45) is 5.73 Å². The summed E-state index contributed by atoms with van der Waals surface area (Å²) in [6.07, 6.45) is 3.06. The van der Waals surface area contributed by atoms with Crippen molar-refractivity contribution in [3.05, 3.63) is 23.8 Å². The third kappa shape index (κ3) is 2.35. The Balaban J connectivity index is 3.08. The van der Waals surface area contributed by atoms with E-state index in [1.165, 1.54) is 13.1 Å². The number of primary amides is 1. The van der Waals surface area contributed by atoms with Crippen molar-refractivity contribution >= 4 is 11.7 Å². The van der Waals surface area contributed by atoms with E-state index in [1.54, 1.807) is 17.7 Å². The first kappa shape index (κ1) is 10.3. The van der Waals surface area contributed by atoms with Crippen LogP contribution in [-0.2, 0) is 11.3 Å². The maximum Gasteiger partial charge on any atom is 0.295 e. The van der Waals surface area contributed by atoms with E-state index in [-0.39, 0.29) is 12.3 Å². The Bertz CT molecular complexity index is 388. The van der Waals surface area contributed by atoms with Gasteiger partial charge in [-0.2, -0.15) is 0 Å². The van der Waals surface area contributed by atoms with Gasteiger partial charge in [-0.05, 0) is 6.92 Å². The molecule has 74 valence electrons. The van der Waals surface area contributed by atoms with Gasteiger partial charge in [-0.1, -0.05) is 4.98 Å². The molecule has 1 amide bonds. The number of carbonyl (C=O) groups excluding carboxylic acids is 2. The molecule has 1 aromatic heterocycles. The van der Waals surface area contributed by atoms with Crippen LogP contribution in [0, 0.1) is 6.92 Å². The predicted molar refractivity (Wildman–Crippen MR) is 48.4 cm³/mol. The van der Waals surface area contributed by atoms with Crippen molar-refractivity contribution in [1.82, 2.24) is 4.98 Å². The van der Waals surface area contributed by atoms with Gasteiger partial charge in [0, 0.05) is 6.92 Å². The van der Waals surface area contributed by atoms with Crippen LogP contribution in [0.4, 0.5) is 0 Å². The lowest BCUT2D eigenvalue weighted by Crippen LogP contribution is -2.44. The summed E-state index contributed by atoms with van der Waals surface area (Å²) in [4.78, 5) is 25.7. The second kappa shape index (κ2) is 3.95. The summed E-state index contributed by atoms with van der Waals surface area (Å²) in [5.74, 6) is 0.102. The highest BCUT2D eigenvalue weighted by atomic mass is 16.1. The van der Waals surface area contributed by atoms with Gasteiger partial charge >= 0.3 is 0 Å². The molecule has 1 aromatic rings. The third-order valence-corrected chi connectivity index (χ3v) is 1.83. The summed E-state index contributed by atoms with van der Waals surface area (Å²) in [7, 11) is 0. The van der Waals surface area contributed by atoms with Crippen LogP contribution in [0.2, 0.25) is 0 Å². The minimum Gasteiger partial charge on any atom is -0.366 e. The lowest BCUT2D eigenvalue weighted by molar-refractivity contribution is -0.693. The molecule has 5 nitrogen and oxygen atoms in total. The Morgan fingerprint density at radius 3 is 2.71 bits per heavy atom. The number of rotatable bonds is 3. The van der Waals surface area contributed by atoms with Crippen LogP contribution in [0.25, 0.3) is 0 Å². The highest BCUT2D eigenvalue weighted by Gasteiger charge is 2.12. The number of amides is 1. The van der Waals surface area contributed by atoms with Crippen molar-refractivity contribution in [3.63, 3.8) is 0 Å². The van der Waals surface area contributed by atoms with E-state index in [1.807, 2.05) is 0 Å². The molecule has 0 saturated carbocycles. The first-order valence-electron chi connectivity index (χ1n) is 4.16. The number of ketones is 1. The van der Waals surface area contributed by atoms with Gasteiger partial charge < -0.3 is 5.73 Å². The first-order valence-corrected chi connectivity index (χ1v) is 4.16. The molecule has 0 aliphatic heterocycles. The van der Waals surface area contributed by atoms with Crippen molar-refractivity contribution in [1.29, 1.82) is 0 Å². The molecule has 5 heteroatoms. The Hall–Kier alpha value is -1.78. The van der Waals surface area contributed by atoms with Crippen LogP contribution in [0.15, 0.2) is 12.4 Å². The second-order valence-corrected chi connectivity index (χ2v) is 3.04. The van der Waals surface area contributed by atoms with Crippen LogP contribution < -0.4 is 10.3 Å². The zero-order chi connectivity index (χ0) is 10.7. The SMILES string of the molecule is CC(=O)c1cnc(C)[n+](CC(N)=O)c1. The number of hydrogen-bond donors (Lipinski definition) is 1. The Morgan fingerprint density at radius 1 is 1.57 bits per heavy atom. The van der Waals surface area contributed by atoms with E-state index in [0.29, 0.717) is 11.4 Å². The number of carbonyl (C=O) groups is 2. The maximum absolute atomic E-state index is 11.0. The molecule has 0 aromatic carbocycles. The molecule has 0 saturated heterocycles. The van der Waals surface area contributed by atoms with Gasteiger partial charge in [0.2, 0.25) is 0 Å². The fraction of sp³-hybridized carbons (Fsp3) is 0.333. The quantitative estimate of drug-likeness (QED) is 0.514. The van der Waals surface area contributed by atoms with Crippen molar-refractivity contribution in [2.75, 3.05) is 0 Å². The zero-order valence-corrected chi connectivity index (χ0v) is 8.15. The van der Waals surface area contributed by atoms with Crippen LogP contribution in [0.3, 0.4) is 0 Å². The van der Waals surface area contributed by atoms with Gasteiger partial charge in [0.1, 0.15) is 11.8 Å². The molecule has 0 spiro atoms. The van der Waals surface area contributed by atoms with Gasteiger partial charge in [0.25, 0.3) is 11.7 Å². The number of hydrogen-bond acceptors (Lipinski definition) is 3. The number of aryl methyl sites for hydroxylation is 1. The molecule has 0 aliphatic carbocycles. The molecule has 0 unspecified atom stereocenters. The van der Waals surface area contributed by atoms with Gasteiger partial charge in [-0.25, -0.2) is 4.57 Å². The minimum absolute atomic E-state index is 0.0416. The lowest BCUT2D eigenvalue weighted by atomic mass is 10.2. The van der Waals surface area contributed by atoms with Crippen LogP contribution in [0.5, 0.6) is 0 Å². The highest BCUT2D eigenvalue weighted by Crippen LogP contribution is 1.94. The summed E-state index contributed by atoms with van der Waals surface area (Å²) in [6.45, 7) is 3.23. The molecule has 14 heavy (non-hydrogen) atoms. The Morgan fingerprint density at radius 2 is 2.21 bits per heavy atom. The minimum atomic E-state index is -0.458.